The summed E-state index contributed by atoms with van der Waals surface area (Å²) in [6.45, 7) is 0.258. The van der Waals surface area contributed by atoms with Crippen LogP contribution in [-0.4, -0.2) is 50.2 Å². The molecule has 0 spiro atoms. The Morgan fingerprint density at radius 3 is 2.27 bits per heavy atom. The smallest absolute Gasteiger partial charge is 0.276 e. The van der Waals surface area contributed by atoms with E-state index in [1.807, 2.05) is 36.4 Å². The van der Waals surface area contributed by atoms with E-state index < -0.39 is 0 Å². The predicted molar refractivity (Wildman–Crippen MR) is 141 cm³/mol. The molecule has 1 amide bonds. The number of hydrogen-bond acceptors (Lipinski definition) is 6. The van der Waals surface area contributed by atoms with Gasteiger partial charge in [-0.15, -0.1) is 0 Å². The number of rotatable bonds is 10. The molecule has 2 N–H and O–H groups in total. The molecule has 0 atom stereocenters. The van der Waals surface area contributed by atoms with Crippen molar-refractivity contribution in [3.8, 4) is 11.6 Å². The highest BCUT2D eigenvalue weighted by Crippen LogP contribution is 2.44. The molecular weight excluding hydrogens is 466 g/mol. The summed E-state index contributed by atoms with van der Waals surface area (Å²) in [4.78, 5) is 24.7. The zero-order valence-electron chi connectivity index (χ0n) is 21.2. The number of ether oxygens (including phenoxy) is 1. The van der Waals surface area contributed by atoms with Crippen molar-refractivity contribution in [3.63, 3.8) is 0 Å². The predicted octanol–water partition coefficient (Wildman–Crippen LogP) is 4.80. The Morgan fingerprint density at radius 2 is 1.65 bits per heavy atom. The molecule has 0 radical (unpaired) electrons. The van der Waals surface area contributed by atoms with Crippen molar-refractivity contribution in [2.75, 3.05) is 13.2 Å². The van der Waals surface area contributed by atoms with Crippen LogP contribution in [0.1, 0.15) is 72.4 Å². The number of benzene rings is 2. The lowest BCUT2D eigenvalue weighted by molar-refractivity contribution is 0.0513. The summed E-state index contributed by atoms with van der Waals surface area (Å²) in [5.41, 5.74) is 2.09. The molecule has 0 unspecified atom stereocenters. The molecular formula is C30H35N3O4. The van der Waals surface area contributed by atoms with Crippen LogP contribution in [0.4, 0.5) is 0 Å². The molecule has 2 aliphatic rings. The van der Waals surface area contributed by atoms with Crippen molar-refractivity contribution in [1.29, 1.82) is 0 Å². The minimum atomic E-state index is -0.332. The van der Waals surface area contributed by atoms with E-state index in [0.29, 0.717) is 12.2 Å². The Kier molecular flexibility index (Phi) is 7.70. The van der Waals surface area contributed by atoms with Gasteiger partial charge in [0.2, 0.25) is 5.75 Å². The number of nitrogens with zero attached hydrogens (tertiary/aromatic N) is 3. The number of amides is 1. The van der Waals surface area contributed by atoms with Gasteiger partial charge in [0.1, 0.15) is 12.4 Å². The first-order valence-corrected chi connectivity index (χ1v) is 13.3. The van der Waals surface area contributed by atoms with Gasteiger partial charge in [0.05, 0.1) is 6.61 Å². The lowest BCUT2D eigenvalue weighted by Crippen LogP contribution is -2.46. The average molecular weight is 502 g/mol. The Labute approximate surface area is 218 Å². The van der Waals surface area contributed by atoms with Crippen molar-refractivity contribution in [2.45, 2.75) is 69.4 Å². The summed E-state index contributed by atoms with van der Waals surface area (Å²) in [5.74, 6) is -0.208. The SMILES string of the molecule is O=C(c1nc(CC2(c3ccccc3)CCCC2)nc(O)c1OCc1ccccc1)N(CCO)C1CCC1. The van der Waals surface area contributed by atoms with Gasteiger partial charge >= 0.3 is 0 Å². The Morgan fingerprint density at radius 1 is 0.973 bits per heavy atom. The van der Waals surface area contributed by atoms with Crippen LogP contribution in [0.25, 0.3) is 0 Å². The number of aromatic nitrogens is 2. The molecule has 7 heteroatoms. The number of aliphatic hydroxyl groups excluding tert-OH is 1. The molecule has 37 heavy (non-hydrogen) atoms. The highest BCUT2D eigenvalue weighted by molar-refractivity contribution is 5.96. The van der Waals surface area contributed by atoms with Gasteiger partial charge in [-0.3, -0.25) is 4.79 Å². The van der Waals surface area contributed by atoms with E-state index in [1.54, 1.807) is 4.90 Å². The van der Waals surface area contributed by atoms with Crippen LogP contribution >= 0.6 is 0 Å². The second kappa shape index (κ2) is 11.3. The lowest BCUT2D eigenvalue weighted by Gasteiger charge is -2.37. The standard InChI is InChI=1S/C30H35N3O4/c34-19-18-33(24-14-9-15-24)29(36)26-27(37-21-22-10-3-1-4-11-22)28(35)32-25(31-26)20-30(16-7-8-17-30)23-12-5-2-6-13-23/h1-6,10-13,24,34H,7-9,14-21H2,(H,31,32,35). The van der Waals surface area contributed by atoms with Crippen LogP contribution in [0.15, 0.2) is 60.7 Å². The molecule has 194 valence electrons. The molecule has 0 bridgehead atoms. The van der Waals surface area contributed by atoms with Crippen molar-refractivity contribution in [3.05, 3.63) is 83.3 Å². The van der Waals surface area contributed by atoms with Gasteiger partial charge < -0.3 is 19.8 Å². The second-order valence-corrected chi connectivity index (χ2v) is 10.3. The van der Waals surface area contributed by atoms with Crippen LogP contribution in [0.3, 0.4) is 0 Å². The number of aromatic hydroxyl groups is 1. The van der Waals surface area contributed by atoms with Crippen LogP contribution in [0, 0.1) is 0 Å². The Balaban J connectivity index is 1.51. The zero-order valence-corrected chi connectivity index (χ0v) is 21.2. The average Bonchev–Trinajstić information content (AvgIpc) is 3.37. The molecule has 2 saturated carbocycles. The number of aliphatic hydroxyl groups is 1. The van der Waals surface area contributed by atoms with Gasteiger partial charge in [-0.25, -0.2) is 4.98 Å². The van der Waals surface area contributed by atoms with Crippen molar-refractivity contribution >= 4 is 5.91 Å². The fourth-order valence-electron chi connectivity index (χ4n) is 5.68. The third-order valence-electron chi connectivity index (χ3n) is 7.88. The molecule has 0 aliphatic heterocycles. The molecule has 0 saturated heterocycles. The summed E-state index contributed by atoms with van der Waals surface area (Å²) in [6.07, 6.45) is 7.64. The number of hydrogen-bond donors (Lipinski definition) is 2. The van der Waals surface area contributed by atoms with Gasteiger partial charge in [-0.05, 0) is 43.2 Å². The van der Waals surface area contributed by atoms with Gasteiger partial charge in [0.15, 0.2) is 5.69 Å². The molecule has 2 aliphatic carbocycles. The Hall–Kier alpha value is -3.45. The van der Waals surface area contributed by atoms with Crippen LogP contribution in [0.5, 0.6) is 11.6 Å². The minimum absolute atomic E-state index is 0.0000457. The Bertz CT molecular complexity index is 1190. The number of carbonyl (C=O) groups is 1. The normalized spacial score (nSPS) is 16.8. The lowest BCUT2D eigenvalue weighted by atomic mass is 9.76. The van der Waals surface area contributed by atoms with Gasteiger partial charge in [0.25, 0.3) is 11.8 Å². The number of carbonyl (C=O) groups excluding carboxylic acids is 1. The third kappa shape index (κ3) is 5.47. The van der Waals surface area contributed by atoms with E-state index in [9.17, 15) is 15.0 Å². The molecule has 5 rings (SSSR count). The molecule has 2 aromatic carbocycles. The zero-order chi connectivity index (χ0) is 25.7. The van der Waals surface area contributed by atoms with E-state index in [0.717, 1.165) is 50.5 Å². The topological polar surface area (TPSA) is 95.8 Å². The van der Waals surface area contributed by atoms with E-state index in [1.165, 1.54) is 5.56 Å². The third-order valence-corrected chi connectivity index (χ3v) is 7.88. The fourth-order valence-corrected chi connectivity index (χ4v) is 5.68. The quantitative estimate of drug-likeness (QED) is 0.414. The summed E-state index contributed by atoms with van der Waals surface area (Å²) in [7, 11) is 0. The first kappa shape index (κ1) is 25.2. The highest BCUT2D eigenvalue weighted by Gasteiger charge is 2.38. The fraction of sp³-hybridized carbons (Fsp3) is 0.433. The molecule has 7 nitrogen and oxygen atoms in total. The largest absolute Gasteiger partial charge is 0.491 e. The van der Waals surface area contributed by atoms with Crippen LogP contribution in [-0.2, 0) is 18.4 Å². The molecule has 3 aromatic rings. The van der Waals surface area contributed by atoms with Crippen molar-refractivity contribution < 1.29 is 19.7 Å². The summed E-state index contributed by atoms with van der Waals surface area (Å²) < 4.78 is 5.98. The van der Waals surface area contributed by atoms with E-state index >= 15 is 0 Å². The minimum Gasteiger partial charge on any atom is -0.491 e. The monoisotopic (exact) mass is 501 g/mol. The van der Waals surface area contributed by atoms with Crippen LogP contribution < -0.4 is 4.74 Å². The maximum atomic E-state index is 13.8. The second-order valence-electron chi connectivity index (χ2n) is 10.3. The molecule has 1 aromatic heterocycles. The molecule has 1 heterocycles. The summed E-state index contributed by atoms with van der Waals surface area (Å²) in [5, 5.41) is 20.7. The first-order chi connectivity index (χ1) is 18.1. The molecule has 2 fully saturated rings. The summed E-state index contributed by atoms with van der Waals surface area (Å²) in [6, 6.07) is 20.1. The van der Waals surface area contributed by atoms with E-state index in [-0.39, 0.29) is 54.4 Å². The van der Waals surface area contributed by atoms with E-state index in [4.69, 9.17) is 9.72 Å². The van der Waals surface area contributed by atoms with Crippen molar-refractivity contribution in [2.24, 2.45) is 0 Å². The van der Waals surface area contributed by atoms with Gasteiger partial charge in [0, 0.05) is 24.4 Å². The summed E-state index contributed by atoms with van der Waals surface area (Å²) >= 11 is 0. The maximum Gasteiger partial charge on any atom is 0.276 e. The maximum absolute atomic E-state index is 13.8. The van der Waals surface area contributed by atoms with Gasteiger partial charge in [-0.2, -0.15) is 4.98 Å². The highest BCUT2D eigenvalue weighted by atomic mass is 16.5. The van der Waals surface area contributed by atoms with E-state index in [2.05, 4.69) is 29.2 Å². The first-order valence-electron chi connectivity index (χ1n) is 13.3. The van der Waals surface area contributed by atoms with Crippen LogP contribution in [0.2, 0.25) is 0 Å². The van der Waals surface area contributed by atoms with Gasteiger partial charge in [-0.1, -0.05) is 73.5 Å². The van der Waals surface area contributed by atoms with Crippen molar-refractivity contribution in [1.82, 2.24) is 14.9 Å².